The molecule has 0 fully saturated rings. The lowest BCUT2D eigenvalue weighted by Crippen LogP contribution is -2.29. The van der Waals surface area contributed by atoms with Gasteiger partial charge in [-0.3, -0.25) is 4.79 Å². The molecular weight excluding hydrogens is 339 g/mol. The highest BCUT2D eigenvalue weighted by atomic mass is 19.1. The Hall–Kier alpha value is -3.23. The lowest BCUT2D eigenvalue weighted by molar-refractivity contribution is -0.121. The fourth-order valence-electron chi connectivity index (χ4n) is 2.74. The molecule has 1 amide bonds. The van der Waals surface area contributed by atoms with Crippen molar-refractivity contribution < 1.29 is 13.9 Å². The van der Waals surface area contributed by atoms with Gasteiger partial charge in [-0.1, -0.05) is 0 Å². The number of nitrogens with zero attached hydrogens (tertiary/aromatic N) is 4. The molecular formula is C17H17FN6O2. The van der Waals surface area contributed by atoms with Gasteiger partial charge < -0.3 is 15.4 Å². The number of imidazole rings is 1. The monoisotopic (exact) mass is 356 g/mol. The van der Waals surface area contributed by atoms with Crippen LogP contribution < -0.4 is 15.4 Å². The number of hydrogen-bond acceptors (Lipinski definition) is 6. The third-order valence-electron chi connectivity index (χ3n) is 4.02. The summed E-state index contributed by atoms with van der Waals surface area (Å²) in [6.45, 7) is 1.35. The van der Waals surface area contributed by atoms with Gasteiger partial charge in [0.2, 0.25) is 11.9 Å². The molecule has 3 aromatic heterocycles. The zero-order valence-corrected chi connectivity index (χ0v) is 13.9. The summed E-state index contributed by atoms with van der Waals surface area (Å²) in [5.74, 6) is 0.359. The topological polar surface area (TPSA) is 93.4 Å². The van der Waals surface area contributed by atoms with Crippen LogP contribution in [0, 0.1) is 5.95 Å². The van der Waals surface area contributed by atoms with Crippen molar-refractivity contribution in [2.75, 3.05) is 25.0 Å². The number of nitrogens with one attached hydrogen (secondary N) is 2. The quantitative estimate of drug-likeness (QED) is 0.595. The van der Waals surface area contributed by atoms with Crippen molar-refractivity contribution in [3.05, 3.63) is 36.5 Å². The molecule has 4 rings (SSSR count). The van der Waals surface area contributed by atoms with E-state index in [1.807, 2.05) is 0 Å². The van der Waals surface area contributed by atoms with Crippen LogP contribution in [0.1, 0.15) is 12.8 Å². The van der Waals surface area contributed by atoms with Crippen molar-refractivity contribution >= 4 is 17.4 Å². The minimum absolute atomic E-state index is 0.0410. The van der Waals surface area contributed by atoms with Crippen molar-refractivity contribution in [3.63, 3.8) is 0 Å². The van der Waals surface area contributed by atoms with Crippen LogP contribution in [0.4, 0.5) is 10.2 Å². The van der Waals surface area contributed by atoms with E-state index in [2.05, 4.69) is 25.7 Å². The highest BCUT2D eigenvalue weighted by Crippen LogP contribution is 2.26. The summed E-state index contributed by atoms with van der Waals surface area (Å²) in [6, 6.07) is 5.14. The molecule has 3 aromatic rings. The molecule has 26 heavy (non-hydrogen) atoms. The first kappa shape index (κ1) is 16.2. The molecule has 2 N–H and O–H groups in total. The van der Waals surface area contributed by atoms with Gasteiger partial charge in [-0.25, -0.2) is 14.5 Å². The minimum atomic E-state index is -0.625. The molecule has 0 aliphatic carbocycles. The summed E-state index contributed by atoms with van der Waals surface area (Å²) in [6.07, 6.45) is 3.80. The van der Waals surface area contributed by atoms with E-state index in [1.54, 1.807) is 28.9 Å². The van der Waals surface area contributed by atoms with E-state index in [-0.39, 0.29) is 11.5 Å². The number of aromatic nitrogens is 4. The van der Waals surface area contributed by atoms with Crippen molar-refractivity contribution in [1.29, 1.82) is 0 Å². The first-order valence-corrected chi connectivity index (χ1v) is 8.35. The third kappa shape index (κ3) is 3.28. The standard InChI is InChI=1S/C17H17FN6O2/c18-17-12-8-11(9-22-17)26-7-1-2-16(25)20-6-5-19-14-3-4-15-21-10-13(12)24(15)23-14/h3-4,8-10H,1-2,5-7H2,(H,19,23)(H,20,25). The van der Waals surface area contributed by atoms with E-state index >= 15 is 0 Å². The Labute approximate surface area is 148 Å². The molecule has 8 nitrogen and oxygen atoms in total. The van der Waals surface area contributed by atoms with E-state index in [9.17, 15) is 9.18 Å². The van der Waals surface area contributed by atoms with Crippen LogP contribution in [0.25, 0.3) is 16.9 Å². The summed E-state index contributed by atoms with van der Waals surface area (Å²) in [7, 11) is 0. The molecule has 4 heterocycles. The van der Waals surface area contributed by atoms with Crippen molar-refractivity contribution in [2.45, 2.75) is 12.8 Å². The van der Waals surface area contributed by atoms with Crippen LogP contribution in [0.5, 0.6) is 5.75 Å². The number of pyridine rings is 1. The molecule has 0 aromatic carbocycles. The molecule has 1 aliphatic rings. The van der Waals surface area contributed by atoms with Gasteiger partial charge in [-0.15, -0.1) is 5.10 Å². The second kappa shape index (κ2) is 6.95. The van der Waals surface area contributed by atoms with Gasteiger partial charge in [-0.2, -0.15) is 4.39 Å². The van der Waals surface area contributed by atoms with Gasteiger partial charge in [0.15, 0.2) is 5.65 Å². The van der Waals surface area contributed by atoms with Gasteiger partial charge in [-0.05, 0) is 24.6 Å². The Bertz CT molecular complexity index is 958. The second-order valence-corrected chi connectivity index (χ2v) is 5.87. The minimum Gasteiger partial charge on any atom is -0.492 e. The van der Waals surface area contributed by atoms with E-state index in [0.717, 1.165) is 0 Å². The third-order valence-corrected chi connectivity index (χ3v) is 4.02. The average molecular weight is 356 g/mol. The molecule has 0 unspecified atom stereocenters. The Balaban J connectivity index is 1.76. The van der Waals surface area contributed by atoms with E-state index in [1.165, 1.54) is 6.20 Å². The largest absolute Gasteiger partial charge is 0.492 e. The molecule has 9 heteroatoms. The number of rotatable bonds is 0. The zero-order chi connectivity index (χ0) is 17.9. The maximum atomic E-state index is 14.3. The predicted molar refractivity (Wildman–Crippen MR) is 92.4 cm³/mol. The summed E-state index contributed by atoms with van der Waals surface area (Å²) < 4.78 is 21.5. The van der Waals surface area contributed by atoms with E-state index in [4.69, 9.17) is 4.74 Å². The molecule has 1 aliphatic heterocycles. The Morgan fingerprint density at radius 1 is 1.15 bits per heavy atom. The molecule has 0 saturated heterocycles. The van der Waals surface area contributed by atoms with Crippen LogP contribution in [0.2, 0.25) is 0 Å². The van der Waals surface area contributed by atoms with Crippen LogP contribution in [0.3, 0.4) is 0 Å². The van der Waals surface area contributed by atoms with Crippen LogP contribution in [-0.4, -0.2) is 45.2 Å². The first-order valence-electron chi connectivity index (χ1n) is 8.35. The van der Waals surface area contributed by atoms with Gasteiger partial charge >= 0.3 is 0 Å². The van der Waals surface area contributed by atoms with Crippen molar-refractivity contribution in [2.24, 2.45) is 0 Å². The van der Waals surface area contributed by atoms with Crippen LogP contribution in [-0.2, 0) is 4.79 Å². The van der Waals surface area contributed by atoms with E-state index in [0.29, 0.717) is 55.4 Å². The zero-order valence-electron chi connectivity index (χ0n) is 13.9. The fraction of sp³-hybridized carbons (Fsp3) is 0.294. The maximum absolute atomic E-state index is 14.3. The Morgan fingerprint density at radius 2 is 2.04 bits per heavy atom. The Kier molecular flexibility index (Phi) is 4.34. The van der Waals surface area contributed by atoms with Gasteiger partial charge in [0.1, 0.15) is 11.6 Å². The normalized spacial score (nSPS) is 15.3. The SMILES string of the molecule is O=C1CCCOc2cnc(F)c(c2)-c2cnc3ccc(nn23)NCCN1. The molecule has 0 saturated carbocycles. The lowest BCUT2D eigenvalue weighted by Gasteiger charge is -2.11. The van der Waals surface area contributed by atoms with Crippen LogP contribution in [0.15, 0.2) is 30.6 Å². The average Bonchev–Trinajstić information content (AvgIpc) is 3.06. The van der Waals surface area contributed by atoms with Gasteiger partial charge in [0.05, 0.1) is 30.3 Å². The van der Waals surface area contributed by atoms with Crippen molar-refractivity contribution in [3.8, 4) is 17.0 Å². The molecule has 4 bridgehead atoms. The second-order valence-electron chi connectivity index (χ2n) is 5.87. The molecule has 134 valence electrons. The van der Waals surface area contributed by atoms with Crippen LogP contribution >= 0.6 is 0 Å². The molecule has 0 spiro atoms. The molecule has 0 atom stereocenters. The summed E-state index contributed by atoms with van der Waals surface area (Å²) in [5, 5.41) is 10.4. The van der Waals surface area contributed by atoms with Crippen molar-refractivity contribution in [1.82, 2.24) is 24.9 Å². The number of amides is 1. The number of hydrogen-bond donors (Lipinski definition) is 2. The lowest BCUT2D eigenvalue weighted by atomic mass is 10.2. The number of ether oxygens (including phenoxy) is 1. The number of anilines is 1. The number of carbonyl (C=O) groups excluding carboxylic acids is 1. The first-order chi connectivity index (χ1) is 12.7. The number of fused-ring (bicyclic) bond motifs is 4. The van der Waals surface area contributed by atoms with E-state index < -0.39 is 5.95 Å². The molecule has 0 radical (unpaired) electrons. The summed E-state index contributed by atoms with van der Waals surface area (Å²) >= 11 is 0. The highest BCUT2D eigenvalue weighted by molar-refractivity contribution is 5.75. The van der Waals surface area contributed by atoms with Gasteiger partial charge in [0, 0.05) is 19.5 Å². The predicted octanol–water partition coefficient (Wildman–Crippen LogP) is 1.63. The maximum Gasteiger partial charge on any atom is 0.222 e. The summed E-state index contributed by atoms with van der Waals surface area (Å²) in [4.78, 5) is 19.8. The highest BCUT2D eigenvalue weighted by Gasteiger charge is 2.15. The smallest absolute Gasteiger partial charge is 0.222 e. The fourth-order valence-corrected chi connectivity index (χ4v) is 2.74. The number of carbonyl (C=O) groups is 1. The summed E-state index contributed by atoms with van der Waals surface area (Å²) in [5.41, 5.74) is 1.33. The van der Waals surface area contributed by atoms with Gasteiger partial charge in [0.25, 0.3) is 0 Å². The Morgan fingerprint density at radius 3 is 2.96 bits per heavy atom. The number of halogens is 1.